The average molecular weight is 340 g/mol. The van der Waals surface area contributed by atoms with Crippen LogP contribution in [0.1, 0.15) is 44.1 Å². The summed E-state index contributed by atoms with van der Waals surface area (Å²) in [5.41, 5.74) is 6.97. The van der Waals surface area contributed by atoms with Gasteiger partial charge in [-0.15, -0.1) is 0 Å². The number of rotatable bonds is 4. The van der Waals surface area contributed by atoms with Crippen molar-refractivity contribution in [3.8, 4) is 5.75 Å². The van der Waals surface area contributed by atoms with Gasteiger partial charge in [0.2, 0.25) is 0 Å². The van der Waals surface area contributed by atoms with E-state index in [9.17, 15) is 0 Å². The molecule has 1 aliphatic carbocycles. The standard InChI is InChI=1S/C16H22BrNO2/c17-15-4-3-13(9-12(15)10-18)19-11-14-5-8-16(20-14)6-1-2-7-16/h3-4,9,14H,1-2,5-8,10-11,18H2. The summed E-state index contributed by atoms with van der Waals surface area (Å²) in [6.07, 6.45) is 7.69. The van der Waals surface area contributed by atoms with Crippen molar-refractivity contribution in [1.29, 1.82) is 0 Å². The molecule has 110 valence electrons. The molecular weight excluding hydrogens is 318 g/mol. The van der Waals surface area contributed by atoms with Crippen molar-refractivity contribution in [1.82, 2.24) is 0 Å². The number of hydrogen-bond acceptors (Lipinski definition) is 3. The maximum atomic E-state index is 6.25. The van der Waals surface area contributed by atoms with Crippen LogP contribution in [0.25, 0.3) is 0 Å². The highest BCUT2D eigenvalue weighted by Crippen LogP contribution is 2.43. The molecule has 2 aliphatic rings. The molecule has 1 spiro atoms. The Morgan fingerprint density at radius 2 is 2.10 bits per heavy atom. The summed E-state index contributed by atoms with van der Waals surface area (Å²) in [7, 11) is 0. The van der Waals surface area contributed by atoms with Gasteiger partial charge in [-0.1, -0.05) is 28.8 Å². The Labute approximate surface area is 129 Å². The van der Waals surface area contributed by atoms with Crippen molar-refractivity contribution in [2.45, 2.75) is 56.8 Å². The maximum Gasteiger partial charge on any atom is 0.119 e. The molecule has 3 nitrogen and oxygen atoms in total. The van der Waals surface area contributed by atoms with Crippen molar-refractivity contribution in [2.24, 2.45) is 5.73 Å². The van der Waals surface area contributed by atoms with E-state index in [0.717, 1.165) is 22.2 Å². The Hall–Kier alpha value is -0.580. The Morgan fingerprint density at radius 1 is 1.30 bits per heavy atom. The second-order valence-corrected chi connectivity index (χ2v) is 6.79. The Kier molecular flexibility index (Phi) is 4.34. The molecule has 1 saturated carbocycles. The van der Waals surface area contributed by atoms with E-state index in [-0.39, 0.29) is 11.7 Å². The van der Waals surface area contributed by atoms with Crippen LogP contribution in [0.15, 0.2) is 22.7 Å². The van der Waals surface area contributed by atoms with E-state index < -0.39 is 0 Å². The first-order valence-corrected chi connectivity index (χ1v) is 8.29. The molecule has 1 unspecified atom stereocenters. The molecule has 20 heavy (non-hydrogen) atoms. The summed E-state index contributed by atoms with van der Waals surface area (Å²) in [6, 6.07) is 5.97. The zero-order valence-corrected chi connectivity index (χ0v) is 13.3. The molecule has 1 aromatic rings. The van der Waals surface area contributed by atoms with Crippen LogP contribution in [0.4, 0.5) is 0 Å². The minimum atomic E-state index is 0.191. The van der Waals surface area contributed by atoms with Gasteiger partial charge in [0.1, 0.15) is 12.4 Å². The van der Waals surface area contributed by atoms with Crippen LogP contribution in [0.2, 0.25) is 0 Å². The van der Waals surface area contributed by atoms with Gasteiger partial charge in [-0.25, -0.2) is 0 Å². The van der Waals surface area contributed by atoms with Crippen LogP contribution in [0, 0.1) is 0 Å². The van der Waals surface area contributed by atoms with E-state index in [1.165, 1.54) is 32.1 Å². The van der Waals surface area contributed by atoms with Crippen LogP contribution in [0.5, 0.6) is 5.75 Å². The minimum Gasteiger partial charge on any atom is -0.491 e. The van der Waals surface area contributed by atoms with Crippen LogP contribution >= 0.6 is 15.9 Å². The Morgan fingerprint density at radius 3 is 2.85 bits per heavy atom. The van der Waals surface area contributed by atoms with E-state index in [4.69, 9.17) is 15.2 Å². The monoisotopic (exact) mass is 339 g/mol. The predicted octanol–water partition coefficient (Wildman–Crippen LogP) is 3.78. The molecule has 4 heteroatoms. The van der Waals surface area contributed by atoms with Gasteiger partial charge in [0, 0.05) is 11.0 Å². The second kappa shape index (κ2) is 6.04. The fraction of sp³-hybridized carbons (Fsp3) is 0.625. The van der Waals surface area contributed by atoms with Crippen LogP contribution in [-0.2, 0) is 11.3 Å². The number of benzene rings is 1. The van der Waals surface area contributed by atoms with Crippen LogP contribution in [-0.4, -0.2) is 18.3 Å². The van der Waals surface area contributed by atoms with Crippen molar-refractivity contribution in [3.63, 3.8) is 0 Å². The molecule has 1 aliphatic heterocycles. The van der Waals surface area contributed by atoms with Gasteiger partial charge in [-0.2, -0.15) is 0 Å². The fourth-order valence-electron chi connectivity index (χ4n) is 3.39. The summed E-state index contributed by atoms with van der Waals surface area (Å²) >= 11 is 3.49. The molecule has 0 aromatic heterocycles. The minimum absolute atomic E-state index is 0.191. The SMILES string of the molecule is NCc1cc(OCC2CCC3(CCCC3)O2)ccc1Br. The van der Waals surface area contributed by atoms with E-state index >= 15 is 0 Å². The van der Waals surface area contributed by atoms with Crippen molar-refractivity contribution >= 4 is 15.9 Å². The van der Waals surface area contributed by atoms with Gasteiger partial charge in [0.05, 0.1) is 11.7 Å². The van der Waals surface area contributed by atoms with Crippen LogP contribution < -0.4 is 10.5 Å². The molecule has 0 amide bonds. The van der Waals surface area contributed by atoms with Gasteiger partial charge >= 0.3 is 0 Å². The van der Waals surface area contributed by atoms with Crippen molar-refractivity contribution in [2.75, 3.05) is 6.61 Å². The normalized spacial score (nSPS) is 24.4. The maximum absolute atomic E-state index is 6.25. The smallest absolute Gasteiger partial charge is 0.119 e. The lowest BCUT2D eigenvalue weighted by Crippen LogP contribution is -2.27. The van der Waals surface area contributed by atoms with E-state index in [2.05, 4.69) is 15.9 Å². The van der Waals surface area contributed by atoms with E-state index in [1.807, 2.05) is 18.2 Å². The predicted molar refractivity (Wildman–Crippen MR) is 82.8 cm³/mol. The third-order valence-electron chi connectivity index (χ3n) is 4.53. The van der Waals surface area contributed by atoms with Gasteiger partial charge in [-0.3, -0.25) is 0 Å². The molecule has 0 radical (unpaired) electrons. The lowest BCUT2D eigenvalue weighted by atomic mass is 9.98. The first kappa shape index (κ1) is 14.4. The summed E-state index contributed by atoms with van der Waals surface area (Å²) in [4.78, 5) is 0. The molecule has 3 rings (SSSR count). The topological polar surface area (TPSA) is 44.5 Å². The molecule has 1 atom stereocenters. The highest BCUT2D eigenvalue weighted by Gasteiger charge is 2.42. The summed E-state index contributed by atoms with van der Waals surface area (Å²) in [5.74, 6) is 0.879. The van der Waals surface area contributed by atoms with E-state index in [0.29, 0.717) is 13.2 Å². The zero-order chi connectivity index (χ0) is 14.0. The molecule has 1 heterocycles. The van der Waals surface area contributed by atoms with Gasteiger partial charge in [0.15, 0.2) is 0 Å². The van der Waals surface area contributed by atoms with Gasteiger partial charge < -0.3 is 15.2 Å². The van der Waals surface area contributed by atoms with E-state index in [1.54, 1.807) is 0 Å². The molecule has 1 saturated heterocycles. The Balaban J connectivity index is 1.55. The zero-order valence-electron chi connectivity index (χ0n) is 11.7. The van der Waals surface area contributed by atoms with Crippen molar-refractivity contribution in [3.05, 3.63) is 28.2 Å². The highest BCUT2D eigenvalue weighted by molar-refractivity contribution is 9.10. The molecular formula is C16H22BrNO2. The summed E-state index contributed by atoms with van der Waals surface area (Å²) in [6.45, 7) is 1.16. The number of nitrogens with two attached hydrogens (primary N) is 1. The third kappa shape index (κ3) is 3.02. The number of halogens is 1. The fourth-order valence-corrected chi connectivity index (χ4v) is 3.79. The molecule has 2 fully saturated rings. The van der Waals surface area contributed by atoms with Gasteiger partial charge in [-0.05, 0) is 49.4 Å². The van der Waals surface area contributed by atoms with Crippen LogP contribution in [0.3, 0.4) is 0 Å². The first-order valence-electron chi connectivity index (χ1n) is 7.50. The lowest BCUT2D eigenvalue weighted by Gasteiger charge is -2.23. The Bertz CT molecular complexity index is 472. The lowest BCUT2D eigenvalue weighted by molar-refractivity contribution is -0.0508. The largest absolute Gasteiger partial charge is 0.491 e. The molecule has 2 N–H and O–H groups in total. The summed E-state index contributed by atoms with van der Waals surface area (Å²) < 4.78 is 13.2. The second-order valence-electron chi connectivity index (χ2n) is 5.94. The average Bonchev–Trinajstić information content (AvgIpc) is 3.09. The van der Waals surface area contributed by atoms with Gasteiger partial charge in [0.25, 0.3) is 0 Å². The number of ether oxygens (including phenoxy) is 2. The quantitative estimate of drug-likeness (QED) is 0.907. The summed E-state index contributed by atoms with van der Waals surface area (Å²) in [5, 5.41) is 0. The first-order chi connectivity index (χ1) is 9.71. The molecule has 1 aromatic carbocycles. The molecule has 0 bridgehead atoms. The third-order valence-corrected chi connectivity index (χ3v) is 5.30. The highest BCUT2D eigenvalue weighted by atomic mass is 79.9. The van der Waals surface area contributed by atoms with Crippen molar-refractivity contribution < 1.29 is 9.47 Å². The number of hydrogen-bond donors (Lipinski definition) is 1.